The number of carbonyl (C=O) groups is 2. The zero-order chi connectivity index (χ0) is 12.1. The molecule has 0 radical (unpaired) electrons. The number of alkyl halides is 3. The number of carboxylic acid groups (broad SMARTS) is 1. The molecule has 0 aromatic rings. The number of hydrogen-bond donors (Lipinski definition) is 2. The average Bonchev–Trinajstić information content (AvgIpc) is 2.09. The van der Waals surface area contributed by atoms with Gasteiger partial charge in [-0.2, -0.15) is 13.2 Å². The molecule has 0 aliphatic carbocycles. The van der Waals surface area contributed by atoms with Crippen molar-refractivity contribution in [3.05, 3.63) is 0 Å². The quantitative estimate of drug-likeness (QED) is 0.683. The lowest BCUT2D eigenvalue weighted by Crippen LogP contribution is -2.46. The minimum Gasteiger partial charge on any atom is -0.480 e. The van der Waals surface area contributed by atoms with Crippen LogP contribution in [0.25, 0.3) is 0 Å². The van der Waals surface area contributed by atoms with Crippen molar-refractivity contribution >= 4 is 11.9 Å². The maximum absolute atomic E-state index is 11.7. The van der Waals surface area contributed by atoms with E-state index in [-0.39, 0.29) is 12.8 Å². The molecule has 0 fully saturated rings. The molecule has 84 valence electrons. The number of hydrogen-bond acceptors (Lipinski definition) is 2. The number of terminal acetylenes is 1. The van der Waals surface area contributed by atoms with Crippen molar-refractivity contribution in [2.75, 3.05) is 0 Å². The summed E-state index contributed by atoms with van der Waals surface area (Å²) in [5.74, 6) is -1.77. The molecule has 0 aliphatic rings. The molecule has 0 aromatic heterocycles. The molecule has 2 N–H and O–H groups in total. The number of aliphatic carboxylic acids is 1. The van der Waals surface area contributed by atoms with Crippen LogP contribution in [0.5, 0.6) is 0 Å². The lowest BCUT2D eigenvalue weighted by Gasteiger charge is -2.14. The van der Waals surface area contributed by atoms with Gasteiger partial charge in [0.1, 0.15) is 6.04 Å². The second-order valence-electron chi connectivity index (χ2n) is 2.60. The number of halogens is 3. The Labute approximate surface area is 83.5 Å². The average molecular weight is 223 g/mol. The molecule has 0 saturated carbocycles. The number of amides is 1. The Morgan fingerprint density at radius 2 is 2.00 bits per heavy atom. The van der Waals surface area contributed by atoms with Gasteiger partial charge in [-0.3, -0.25) is 4.79 Å². The standard InChI is InChI=1S/C8H8F3NO3/c1-2-3-4-5(6(13)14)12-7(15)8(9,10)11/h1,5H,3-4H2,(H,12,15)(H,13,14)/t5-/m0/s1. The Bertz CT molecular complexity index is 292. The van der Waals surface area contributed by atoms with Gasteiger partial charge in [0, 0.05) is 6.42 Å². The third-order valence-electron chi connectivity index (χ3n) is 1.44. The number of carbonyl (C=O) groups excluding carboxylic acids is 1. The summed E-state index contributed by atoms with van der Waals surface area (Å²) in [7, 11) is 0. The highest BCUT2D eigenvalue weighted by Crippen LogP contribution is 2.15. The number of carboxylic acids is 1. The first-order valence-corrected chi connectivity index (χ1v) is 3.83. The highest BCUT2D eigenvalue weighted by molar-refractivity contribution is 5.86. The van der Waals surface area contributed by atoms with Crippen LogP contribution in [0, 0.1) is 12.3 Å². The van der Waals surface area contributed by atoms with Crippen molar-refractivity contribution in [1.29, 1.82) is 0 Å². The summed E-state index contributed by atoms with van der Waals surface area (Å²) in [4.78, 5) is 20.8. The van der Waals surface area contributed by atoms with Gasteiger partial charge in [-0.15, -0.1) is 12.3 Å². The zero-order valence-electron chi connectivity index (χ0n) is 7.47. The Hall–Kier alpha value is -1.71. The van der Waals surface area contributed by atoms with Gasteiger partial charge in [0.2, 0.25) is 0 Å². The highest BCUT2D eigenvalue weighted by Gasteiger charge is 2.40. The second kappa shape index (κ2) is 5.24. The molecule has 1 atom stereocenters. The minimum absolute atomic E-state index is 0.0326. The van der Waals surface area contributed by atoms with Crippen LogP contribution in [0.4, 0.5) is 13.2 Å². The van der Waals surface area contributed by atoms with Crippen LogP contribution in [0.2, 0.25) is 0 Å². The number of rotatable bonds is 4. The molecular weight excluding hydrogens is 215 g/mol. The molecule has 15 heavy (non-hydrogen) atoms. The zero-order valence-corrected chi connectivity index (χ0v) is 7.47. The smallest absolute Gasteiger partial charge is 0.471 e. The fourth-order valence-electron chi connectivity index (χ4n) is 0.725. The van der Waals surface area contributed by atoms with Crippen LogP contribution in [0.15, 0.2) is 0 Å². The third kappa shape index (κ3) is 4.90. The summed E-state index contributed by atoms with van der Waals surface area (Å²) < 4.78 is 35.2. The summed E-state index contributed by atoms with van der Waals surface area (Å²) in [6.45, 7) is 0. The largest absolute Gasteiger partial charge is 0.480 e. The highest BCUT2D eigenvalue weighted by atomic mass is 19.4. The van der Waals surface area contributed by atoms with Crippen molar-refractivity contribution in [2.24, 2.45) is 0 Å². The molecule has 1 amide bonds. The molecule has 0 spiro atoms. The van der Waals surface area contributed by atoms with Gasteiger partial charge in [-0.05, 0) is 6.42 Å². The Balaban J connectivity index is 4.37. The normalized spacial score (nSPS) is 12.7. The van der Waals surface area contributed by atoms with Gasteiger partial charge in [-0.25, -0.2) is 4.79 Å². The summed E-state index contributed by atoms with van der Waals surface area (Å²) in [5.41, 5.74) is 0. The van der Waals surface area contributed by atoms with E-state index in [2.05, 4.69) is 5.92 Å². The van der Waals surface area contributed by atoms with Gasteiger partial charge in [0.05, 0.1) is 0 Å². The van der Waals surface area contributed by atoms with Crippen LogP contribution in [0.1, 0.15) is 12.8 Å². The lowest BCUT2D eigenvalue weighted by molar-refractivity contribution is -0.175. The van der Waals surface area contributed by atoms with E-state index in [1.165, 1.54) is 5.32 Å². The van der Waals surface area contributed by atoms with Crippen LogP contribution in [-0.4, -0.2) is 29.2 Å². The molecule has 0 bridgehead atoms. The SMILES string of the molecule is C#CCC[C@H](NC(=O)C(F)(F)F)C(=O)O. The predicted octanol–water partition coefficient (Wildman–Crippen LogP) is 0.531. The molecule has 0 unspecified atom stereocenters. The minimum atomic E-state index is -5.09. The van der Waals surface area contributed by atoms with E-state index < -0.39 is 24.1 Å². The van der Waals surface area contributed by atoms with Crippen LogP contribution < -0.4 is 5.32 Å². The fraction of sp³-hybridized carbons (Fsp3) is 0.500. The van der Waals surface area contributed by atoms with E-state index in [1.807, 2.05) is 0 Å². The Morgan fingerprint density at radius 1 is 1.47 bits per heavy atom. The first-order chi connectivity index (χ1) is 6.79. The molecule has 0 saturated heterocycles. The van der Waals surface area contributed by atoms with Crippen molar-refractivity contribution in [1.82, 2.24) is 5.32 Å². The van der Waals surface area contributed by atoms with E-state index in [1.54, 1.807) is 0 Å². The molecule has 0 aromatic carbocycles. The summed E-state index contributed by atoms with van der Waals surface area (Å²) in [6, 6.07) is -1.62. The fourth-order valence-corrected chi connectivity index (χ4v) is 0.725. The maximum atomic E-state index is 11.7. The molecule has 0 aliphatic heterocycles. The summed E-state index contributed by atoms with van der Waals surface area (Å²) in [5, 5.41) is 9.80. The summed E-state index contributed by atoms with van der Waals surface area (Å²) in [6.07, 6.45) is -0.553. The van der Waals surface area contributed by atoms with Crippen LogP contribution >= 0.6 is 0 Å². The van der Waals surface area contributed by atoms with Crippen LogP contribution in [0.3, 0.4) is 0 Å². The van der Waals surface area contributed by atoms with E-state index in [4.69, 9.17) is 11.5 Å². The number of nitrogens with one attached hydrogen (secondary N) is 1. The van der Waals surface area contributed by atoms with Gasteiger partial charge < -0.3 is 10.4 Å². The van der Waals surface area contributed by atoms with Gasteiger partial charge in [0.15, 0.2) is 0 Å². The molecule has 4 nitrogen and oxygen atoms in total. The van der Waals surface area contributed by atoms with E-state index >= 15 is 0 Å². The van der Waals surface area contributed by atoms with Crippen LogP contribution in [-0.2, 0) is 9.59 Å². The summed E-state index contributed by atoms with van der Waals surface area (Å²) >= 11 is 0. The monoisotopic (exact) mass is 223 g/mol. The molecular formula is C8H8F3NO3. The first kappa shape index (κ1) is 13.3. The topological polar surface area (TPSA) is 66.4 Å². The molecule has 0 rings (SSSR count). The van der Waals surface area contributed by atoms with Gasteiger partial charge in [-0.1, -0.05) is 0 Å². The van der Waals surface area contributed by atoms with E-state index in [9.17, 15) is 22.8 Å². The molecule has 0 heterocycles. The maximum Gasteiger partial charge on any atom is 0.471 e. The predicted molar refractivity (Wildman–Crippen MR) is 43.7 cm³/mol. The van der Waals surface area contributed by atoms with Crippen molar-refractivity contribution in [3.8, 4) is 12.3 Å². The Morgan fingerprint density at radius 3 is 2.33 bits per heavy atom. The Kier molecular flexibility index (Phi) is 4.64. The first-order valence-electron chi connectivity index (χ1n) is 3.83. The lowest BCUT2D eigenvalue weighted by atomic mass is 10.1. The van der Waals surface area contributed by atoms with Crippen molar-refractivity contribution in [2.45, 2.75) is 25.1 Å². The van der Waals surface area contributed by atoms with Crippen molar-refractivity contribution in [3.63, 3.8) is 0 Å². The van der Waals surface area contributed by atoms with E-state index in [0.29, 0.717) is 0 Å². The van der Waals surface area contributed by atoms with Gasteiger partial charge in [0.25, 0.3) is 0 Å². The van der Waals surface area contributed by atoms with Gasteiger partial charge >= 0.3 is 18.1 Å². The second-order valence-corrected chi connectivity index (χ2v) is 2.60. The third-order valence-corrected chi connectivity index (χ3v) is 1.44. The molecule has 7 heteroatoms. The van der Waals surface area contributed by atoms with Crippen molar-refractivity contribution < 1.29 is 27.9 Å². The van der Waals surface area contributed by atoms with E-state index in [0.717, 1.165) is 0 Å².